The van der Waals surface area contributed by atoms with Crippen molar-refractivity contribution in [3.8, 4) is 0 Å². The minimum absolute atomic E-state index is 0.648. The van der Waals surface area contributed by atoms with E-state index in [2.05, 4.69) is 25.0 Å². The molecule has 0 unspecified atom stereocenters. The molecule has 0 rings (SSSR count). The molecule has 0 heterocycles. The van der Waals surface area contributed by atoms with Gasteiger partial charge in [-0.3, -0.25) is 0 Å². The largest absolute Gasteiger partial charge is 0.493 e. The van der Waals surface area contributed by atoms with Gasteiger partial charge in [-0.2, -0.15) is 0 Å². The van der Waals surface area contributed by atoms with Crippen molar-refractivity contribution in [2.75, 3.05) is 20.8 Å². The Morgan fingerprint density at radius 3 is 2.10 bits per heavy atom. The SMILES string of the molecule is C=C/C(OC)=C(\C=C=C(C)C)OCCCCC.CC.CN. The molecule has 0 radical (unpaired) electrons. The molecule has 3 nitrogen and oxygen atoms in total. The summed E-state index contributed by atoms with van der Waals surface area (Å²) in [5.41, 5.74) is 8.71. The van der Waals surface area contributed by atoms with Gasteiger partial charge in [0.05, 0.1) is 13.7 Å². The molecule has 0 saturated heterocycles. The van der Waals surface area contributed by atoms with E-state index in [9.17, 15) is 0 Å². The Balaban J connectivity index is -0.000000739. The highest BCUT2D eigenvalue weighted by Crippen LogP contribution is 2.11. The second-order valence-corrected chi connectivity index (χ2v) is 3.98. The van der Waals surface area contributed by atoms with Crippen LogP contribution in [-0.2, 0) is 9.47 Å². The molecule has 3 heteroatoms. The number of methoxy groups -OCH3 is 1. The van der Waals surface area contributed by atoms with E-state index >= 15 is 0 Å². The van der Waals surface area contributed by atoms with Gasteiger partial charge in [-0.1, -0.05) is 40.2 Å². The Morgan fingerprint density at radius 1 is 1.14 bits per heavy atom. The molecule has 0 aliphatic rings. The summed E-state index contributed by atoms with van der Waals surface area (Å²) in [6.07, 6.45) is 6.87. The molecule has 21 heavy (non-hydrogen) atoms. The van der Waals surface area contributed by atoms with E-state index in [4.69, 9.17) is 9.47 Å². The molecule has 0 aliphatic heterocycles. The maximum absolute atomic E-state index is 5.69. The summed E-state index contributed by atoms with van der Waals surface area (Å²) in [4.78, 5) is 0. The molecule has 0 atom stereocenters. The van der Waals surface area contributed by atoms with Crippen molar-refractivity contribution < 1.29 is 9.47 Å². The second kappa shape index (κ2) is 20.9. The lowest BCUT2D eigenvalue weighted by Gasteiger charge is -2.09. The molecule has 0 fully saturated rings. The Labute approximate surface area is 132 Å². The highest BCUT2D eigenvalue weighted by molar-refractivity contribution is 5.23. The number of rotatable bonds is 8. The zero-order valence-corrected chi connectivity index (χ0v) is 15.1. The van der Waals surface area contributed by atoms with Gasteiger partial charge >= 0.3 is 0 Å². The topological polar surface area (TPSA) is 44.5 Å². The number of allylic oxidation sites excluding steroid dienone is 2. The molecule has 0 bridgehead atoms. The van der Waals surface area contributed by atoms with E-state index in [0.29, 0.717) is 18.1 Å². The fourth-order valence-electron chi connectivity index (χ4n) is 1.21. The van der Waals surface area contributed by atoms with E-state index in [-0.39, 0.29) is 0 Å². The van der Waals surface area contributed by atoms with Gasteiger partial charge < -0.3 is 15.2 Å². The summed E-state index contributed by atoms with van der Waals surface area (Å²) in [5, 5.41) is 0. The zero-order chi connectivity index (χ0) is 17.1. The van der Waals surface area contributed by atoms with E-state index < -0.39 is 0 Å². The lowest BCUT2D eigenvalue weighted by atomic mass is 10.2. The van der Waals surface area contributed by atoms with Gasteiger partial charge in [0.2, 0.25) is 0 Å². The van der Waals surface area contributed by atoms with Crippen molar-refractivity contribution in [3.63, 3.8) is 0 Å². The fourth-order valence-corrected chi connectivity index (χ4v) is 1.21. The van der Waals surface area contributed by atoms with E-state index in [1.165, 1.54) is 19.9 Å². The van der Waals surface area contributed by atoms with Gasteiger partial charge in [0.1, 0.15) is 0 Å². The summed E-state index contributed by atoms with van der Waals surface area (Å²) >= 11 is 0. The molecule has 2 N–H and O–H groups in total. The molecule has 0 aromatic carbocycles. The number of ether oxygens (including phenoxy) is 2. The van der Waals surface area contributed by atoms with Gasteiger partial charge in [-0.05, 0) is 39.0 Å². The fraction of sp³-hybridized carbons (Fsp3) is 0.611. The molecule has 0 aromatic heterocycles. The van der Waals surface area contributed by atoms with Crippen molar-refractivity contribution in [1.82, 2.24) is 0 Å². The maximum Gasteiger partial charge on any atom is 0.168 e. The average molecular weight is 297 g/mol. The summed E-state index contributed by atoms with van der Waals surface area (Å²) in [6.45, 7) is 14.6. The van der Waals surface area contributed by atoms with Gasteiger partial charge in [0, 0.05) is 6.08 Å². The maximum atomic E-state index is 5.69. The smallest absolute Gasteiger partial charge is 0.168 e. The summed E-state index contributed by atoms with van der Waals surface area (Å²) in [7, 11) is 3.11. The minimum atomic E-state index is 0.648. The standard InChI is InChI=1S/C15H24O2.C2H6.CH5N/c1-6-8-9-12-17-15(11-10-13(3)4)14(7-2)16-5;2*1-2/h7,11H,2,6,8-9,12H2,1,3-5H3;1-2H3;2H2,1H3/b15-14-;;. The van der Waals surface area contributed by atoms with Crippen molar-refractivity contribution in [1.29, 1.82) is 0 Å². The Kier molecular flexibility index (Phi) is 24.4. The first-order chi connectivity index (χ1) is 10.2. The van der Waals surface area contributed by atoms with Gasteiger partial charge in [-0.25, -0.2) is 0 Å². The van der Waals surface area contributed by atoms with Crippen LogP contribution in [-0.4, -0.2) is 20.8 Å². The molecule has 0 saturated carbocycles. The van der Waals surface area contributed by atoms with Crippen LogP contribution in [0.3, 0.4) is 0 Å². The second-order valence-electron chi connectivity index (χ2n) is 3.98. The number of unbranched alkanes of at least 4 members (excludes halogenated alkanes) is 2. The third-order valence-corrected chi connectivity index (χ3v) is 2.15. The molecule has 0 aromatic rings. The highest BCUT2D eigenvalue weighted by Gasteiger charge is 2.02. The molecular formula is C18H35NO2. The van der Waals surface area contributed by atoms with Gasteiger partial charge in [0.25, 0.3) is 0 Å². The van der Waals surface area contributed by atoms with Crippen LogP contribution in [0.25, 0.3) is 0 Å². The number of nitrogens with two attached hydrogens (primary N) is 1. The summed E-state index contributed by atoms with van der Waals surface area (Å²) in [5.74, 6) is 1.34. The van der Waals surface area contributed by atoms with Crippen LogP contribution in [0.15, 0.2) is 41.6 Å². The van der Waals surface area contributed by atoms with Crippen molar-refractivity contribution in [2.24, 2.45) is 5.73 Å². The Hall–Kier alpha value is -1.44. The average Bonchev–Trinajstić information content (AvgIpc) is 2.53. The van der Waals surface area contributed by atoms with Crippen LogP contribution < -0.4 is 5.73 Å². The highest BCUT2D eigenvalue weighted by atomic mass is 16.5. The molecule has 0 spiro atoms. The van der Waals surface area contributed by atoms with Gasteiger partial charge in [-0.15, -0.1) is 5.73 Å². The van der Waals surface area contributed by atoms with Crippen molar-refractivity contribution in [3.05, 3.63) is 41.6 Å². The monoisotopic (exact) mass is 297 g/mol. The van der Waals surface area contributed by atoms with E-state index in [1.807, 2.05) is 33.8 Å². The van der Waals surface area contributed by atoms with Crippen LogP contribution in [0.5, 0.6) is 0 Å². The molecular weight excluding hydrogens is 262 g/mol. The van der Waals surface area contributed by atoms with Crippen LogP contribution >= 0.6 is 0 Å². The van der Waals surface area contributed by atoms with Crippen molar-refractivity contribution >= 4 is 0 Å². The van der Waals surface area contributed by atoms with Crippen LogP contribution in [0.1, 0.15) is 53.9 Å². The molecule has 0 amide bonds. The zero-order valence-electron chi connectivity index (χ0n) is 15.1. The summed E-state index contributed by atoms with van der Waals surface area (Å²) < 4.78 is 10.9. The summed E-state index contributed by atoms with van der Waals surface area (Å²) in [6, 6.07) is 0. The van der Waals surface area contributed by atoms with Crippen molar-refractivity contribution in [2.45, 2.75) is 53.9 Å². The van der Waals surface area contributed by atoms with Crippen LogP contribution in [0.4, 0.5) is 0 Å². The number of hydrogen-bond acceptors (Lipinski definition) is 3. The number of hydrogen-bond donors (Lipinski definition) is 1. The first kappa shape index (κ1) is 24.6. The Morgan fingerprint density at radius 2 is 1.71 bits per heavy atom. The van der Waals surface area contributed by atoms with Crippen LogP contribution in [0, 0.1) is 0 Å². The third-order valence-electron chi connectivity index (χ3n) is 2.15. The van der Waals surface area contributed by atoms with E-state index in [1.54, 1.807) is 13.2 Å². The Bertz CT molecular complexity index is 320. The normalized spacial score (nSPS) is 9.52. The van der Waals surface area contributed by atoms with E-state index in [0.717, 1.165) is 12.0 Å². The lowest BCUT2D eigenvalue weighted by molar-refractivity contribution is 0.189. The predicted molar refractivity (Wildman–Crippen MR) is 94.1 cm³/mol. The molecule has 124 valence electrons. The van der Waals surface area contributed by atoms with Crippen LogP contribution in [0.2, 0.25) is 0 Å². The lowest BCUT2D eigenvalue weighted by Crippen LogP contribution is -1.98. The predicted octanol–water partition coefficient (Wildman–Crippen LogP) is 4.96. The molecule has 0 aliphatic carbocycles. The first-order valence-corrected chi connectivity index (χ1v) is 7.66. The first-order valence-electron chi connectivity index (χ1n) is 7.66. The quantitative estimate of drug-likeness (QED) is 0.298. The third kappa shape index (κ3) is 16.5. The van der Waals surface area contributed by atoms with Gasteiger partial charge in [0.15, 0.2) is 11.5 Å². The minimum Gasteiger partial charge on any atom is -0.493 e.